The summed E-state index contributed by atoms with van der Waals surface area (Å²) < 4.78 is 0. The average molecular weight is 583 g/mol. The van der Waals surface area contributed by atoms with Gasteiger partial charge in [0.2, 0.25) is 0 Å². The van der Waals surface area contributed by atoms with Gasteiger partial charge in [-0.3, -0.25) is 0 Å². The third-order valence-electron chi connectivity index (χ3n) is 9.42. The summed E-state index contributed by atoms with van der Waals surface area (Å²) in [4.78, 5) is 0. The van der Waals surface area contributed by atoms with Crippen LogP contribution in [0.25, 0.3) is 87.6 Å². The highest BCUT2D eigenvalue weighted by atomic mass is 14.2. The number of hydrogen-bond acceptors (Lipinski definition) is 0. The molecule has 9 rings (SSSR count). The summed E-state index contributed by atoms with van der Waals surface area (Å²) in [6.45, 7) is 0. The Morgan fingerprint density at radius 3 is 1.59 bits per heavy atom. The predicted molar refractivity (Wildman–Crippen MR) is 198 cm³/mol. The van der Waals surface area contributed by atoms with Crippen molar-refractivity contribution in [2.45, 2.75) is 0 Å². The van der Waals surface area contributed by atoms with Crippen LogP contribution >= 0.6 is 0 Å². The number of benzene rings is 9. The molecule has 0 aliphatic rings. The van der Waals surface area contributed by atoms with Gasteiger partial charge in [-0.2, -0.15) is 0 Å². The van der Waals surface area contributed by atoms with Gasteiger partial charge < -0.3 is 0 Å². The van der Waals surface area contributed by atoms with E-state index in [0.29, 0.717) is 0 Å². The summed E-state index contributed by atoms with van der Waals surface area (Å²) in [5.41, 5.74) is 9.95. The molecule has 0 bridgehead atoms. The number of rotatable bonds is 4. The molecule has 0 spiro atoms. The molecular formula is C46H30. The van der Waals surface area contributed by atoms with E-state index < -0.39 is 0 Å². The summed E-state index contributed by atoms with van der Waals surface area (Å²) >= 11 is 0. The standard InChI is InChI=1S/C46H30/c1-2-14-33(15-3-1)45-41-21-8-9-22-42(41)46(38-19-10-18-35(29-38)36-25-24-31-12-4-5-16-34(31)28-36)43-27-26-37(30-44(43)45)40-23-11-17-32-13-6-7-20-39(32)40/h1-30H. The molecule has 0 nitrogen and oxygen atoms in total. The van der Waals surface area contributed by atoms with Gasteiger partial charge in [-0.05, 0) is 106 Å². The molecule has 0 saturated heterocycles. The van der Waals surface area contributed by atoms with Crippen LogP contribution in [-0.2, 0) is 0 Å². The maximum absolute atomic E-state index is 2.42. The van der Waals surface area contributed by atoms with Crippen LogP contribution in [-0.4, -0.2) is 0 Å². The van der Waals surface area contributed by atoms with Gasteiger partial charge in [0, 0.05) is 0 Å². The summed E-state index contributed by atoms with van der Waals surface area (Å²) in [7, 11) is 0. The van der Waals surface area contributed by atoms with Crippen LogP contribution < -0.4 is 0 Å². The molecule has 214 valence electrons. The van der Waals surface area contributed by atoms with Crippen molar-refractivity contribution in [1.82, 2.24) is 0 Å². The first-order chi connectivity index (χ1) is 22.8. The van der Waals surface area contributed by atoms with Crippen molar-refractivity contribution in [2.75, 3.05) is 0 Å². The molecule has 0 atom stereocenters. The Hall–Kier alpha value is -5.98. The minimum atomic E-state index is 1.22. The second-order valence-electron chi connectivity index (χ2n) is 12.1. The molecular weight excluding hydrogens is 553 g/mol. The smallest absolute Gasteiger partial charge is 0.00261 e. The van der Waals surface area contributed by atoms with Crippen LogP contribution in [0.4, 0.5) is 0 Å². The first-order valence-electron chi connectivity index (χ1n) is 15.9. The molecule has 0 heterocycles. The molecule has 0 saturated carbocycles. The Labute approximate surface area is 268 Å². The van der Waals surface area contributed by atoms with E-state index >= 15 is 0 Å². The predicted octanol–water partition coefficient (Wildman–Crippen LogP) is 13.0. The average Bonchev–Trinajstić information content (AvgIpc) is 3.13. The van der Waals surface area contributed by atoms with E-state index in [1.165, 1.54) is 87.6 Å². The number of fused-ring (bicyclic) bond motifs is 4. The fourth-order valence-corrected chi connectivity index (χ4v) is 7.27. The molecule has 0 aliphatic carbocycles. The lowest BCUT2D eigenvalue weighted by atomic mass is 9.84. The highest BCUT2D eigenvalue weighted by Gasteiger charge is 2.18. The zero-order valence-electron chi connectivity index (χ0n) is 25.3. The van der Waals surface area contributed by atoms with E-state index in [2.05, 4.69) is 182 Å². The van der Waals surface area contributed by atoms with Crippen molar-refractivity contribution in [3.63, 3.8) is 0 Å². The zero-order valence-corrected chi connectivity index (χ0v) is 25.3. The topological polar surface area (TPSA) is 0 Å². The summed E-state index contributed by atoms with van der Waals surface area (Å²) in [5.74, 6) is 0. The minimum absolute atomic E-state index is 1.22. The van der Waals surface area contributed by atoms with Gasteiger partial charge in [0.15, 0.2) is 0 Å². The van der Waals surface area contributed by atoms with Gasteiger partial charge >= 0.3 is 0 Å². The molecule has 9 aromatic rings. The van der Waals surface area contributed by atoms with Crippen LogP contribution in [0.3, 0.4) is 0 Å². The SMILES string of the molecule is c1ccc(-c2c3ccccc3c(-c3cccc(-c4ccc5ccccc5c4)c3)c3ccc(-c4cccc5ccccc45)cc23)cc1. The Morgan fingerprint density at radius 2 is 0.761 bits per heavy atom. The largest absolute Gasteiger partial charge is 0.0622 e. The second kappa shape index (κ2) is 10.9. The molecule has 0 aromatic heterocycles. The normalized spacial score (nSPS) is 11.5. The molecule has 0 heteroatoms. The monoisotopic (exact) mass is 582 g/mol. The lowest BCUT2D eigenvalue weighted by Crippen LogP contribution is -1.92. The molecule has 0 aliphatic heterocycles. The lowest BCUT2D eigenvalue weighted by molar-refractivity contribution is 1.62. The minimum Gasteiger partial charge on any atom is -0.0622 e. The Morgan fingerprint density at radius 1 is 0.217 bits per heavy atom. The third kappa shape index (κ3) is 4.38. The van der Waals surface area contributed by atoms with E-state index in [4.69, 9.17) is 0 Å². The molecule has 9 aromatic carbocycles. The van der Waals surface area contributed by atoms with Crippen molar-refractivity contribution < 1.29 is 0 Å². The van der Waals surface area contributed by atoms with Gasteiger partial charge in [0.05, 0.1) is 0 Å². The highest BCUT2D eigenvalue weighted by Crippen LogP contribution is 2.45. The van der Waals surface area contributed by atoms with Crippen molar-refractivity contribution in [2.24, 2.45) is 0 Å². The summed E-state index contributed by atoms with van der Waals surface area (Å²) in [6.07, 6.45) is 0. The van der Waals surface area contributed by atoms with Crippen LogP contribution in [0.5, 0.6) is 0 Å². The van der Waals surface area contributed by atoms with Gasteiger partial charge in [0.1, 0.15) is 0 Å². The summed E-state index contributed by atoms with van der Waals surface area (Å²) in [6, 6.07) is 66.6. The van der Waals surface area contributed by atoms with Gasteiger partial charge in [-0.1, -0.05) is 164 Å². The third-order valence-corrected chi connectivity index (χ3v) is 9.42. The molecule has 0 N–H and O–H groups in total. The van der Waals surface area contributed by atoms with Crippen molar-refractivity contribution in [3.05, 3.63) is 182 Å². The van der Waals surface area contributed by atoms with Crippen LogP contribution in [0.2, 0.25) is 0 Å². The van der Waals surface area contributed by atoms with Crippen molar-refractivity contribution in [3.8, 4) is 44.5 Å². The highest BCUT2D eigenvalue weighted by molar-refractivity contribution is 6.22. The Kier molecular flexibility index (Phi) is 6.25. The molecule has 0 radical (unpaired) electrons. The molecule has 0 unspecified atom stereocenters. The first-order valence-corrected chi connectivity index (χ1v) is 15.9. The van der Waals surface area contributed by atoms with Gasteiger partial charge in [-0.15, -0.1) is 0 Å². The van der Waals surface area contributed by atoms with E-state index in [-0.39, 0.29) is 0 Å². The fraction of sp³-hybridized carbons (Fsp3) is 0. The molecule has 46 heavy (non-hydrogen) atoms. The fourth-order valence-electron chi connectivity index (χ4n) is 7.27. The summed E-state index contributed by atoms with van der Waals surface area (Å²) in [5, 5.41) is 10.1. The van der Waals surface area contributed by atoms with Crippen molar-refractivity contribution >= 4 is 43.1 Å². The number of hydrogen-bond donors (Lipinski definition) is 0. The van der Waals surface area contributed by atoms with Crippen LogP contribution in [0, 0.1) is 0 Å². The second-order valence-corrected chi connectivity index (χ2v) is 12.1. The first kappa shape index (κ1) is 26.4. The van der Waals surface area contributed by atoms with Crippen LogP contribution in [0.1, 0.15) is 0 Å². The Balaban J connectivity index is 1.34. The van der Waals surface area contributed by atoms with Crippen LogP contribution in [0.15, 0.2) is 182 Å². The van der Waals surface area contributed by atoms with E-state index in [9.17, 15) is 0 Å². The Bertz CT molecular complexity index is 2570. The van der Waals surface area contributed by atoms with E-state index in [1.807, 2.05) is 0 Å². The molecule has 0 fully saturated rings. The maximum Gasteiger partial charge on any atom is -0.00261 e. The van der Waals surface area contributed by atoms with Crippen molar-refractivity contribution in [1.29, 1.82) is 0 Å². The van der Waals surface area contributed by atoms with E-state index in [1.54, 1.807) is 0 Å². The maximum atomic E-state index is 2.42. The molecule has 0 amide bonds. The lowest BCUT2D eigenvalue weighted by Gasteiger charge is -2.19. The van der Waals surface area contributed by atoms with Gasteiger partial charge in [-0.25, -0.2) is 0 Å². The zero-order chi connectivity index (χ0) is 30.5. The van der Waals surface area contributed by atoms with Gasteiger partial charge in [0.25, 0.3) is 0 Å². The quantitative estimate of drug-likeness (QED) is 0.181. The van der Waals surface area contributed by atoms with E-state index in [0.717, 1.165) is 0 Å².